The zero-order valence-electron chi connectivity index (χ0n) is 17.4. The molecular formula is C25H25N3O2. The van der Waals surface area contributed by atoms with Gasteiger partial charge in [0.1, 0.15) is 5.75 Å². The average Bonchev–Trinajstić information content (AvgIpc) is 3.26. The van der Waals surface area contributed by atoms with E-state index in [9.17, 15) is 4.79 Å². The van der Waals surface area contributed by atoms with Crippen molar-refractivity contribution in [3.63, 3.8) is 0 Å². The molecule has 0 saturated heterocycles. The van der Waals surface area contributed by atoms with Gasteiger partial charge in [-0.05, 0) is 47.5 Å². The highest BCUT2D eigenvalue weighted by atomic mass is 16.5. The van der Waals surface area contributed by atoms with Gasteiger partial charge in [-0.15, -0.1) is 0 Å². The number of amides is 1. The van der Waals surface area contributed by atoms with Crippen LogP contribution in [0.2, 0.25) is 0 Å². The topological polar surface area (TPSA) is 47.4 Å². The van der Waals surface area contributed by atoms with Crippen molar-refractivity contribution < 1.29 is 9.53 Å². The molecule has 0 spiro atoms. The summed E-state index contributed by atoms with van der Waals surface area (Å²) >= 11 is 0. The lowest BCUT2D eigenvalue weighted by Crippen LogP contribution is -2.30. The molecule has 5 nitrogen and oxygen atoms in total. The normalized spacial score (nSPS) is 12.0. The molecule has 4 rings (SSSR count). The quantitative estimate of drug-likeness (QED) is 0.468. The second kappa shape index (κ2) is 8.41. The number of likely N-dealkylation sites (N-methyl/N-ethyl adjacent to an activating group) is 1. The first-order chi connectivity index (χ1) is 14.5. The van der Waals surface area contributed by atoms with Crippen molar-refractivity contribution in [1.82, 2.24) is 14.7 Å². The van der Waals surface area contributed by atoms with Crippen LogP contribution in [-0.2, 0) is 11.3 Å². The monoisotopic (exact) mass is 399 g/mol. The van der Waals surface area contributed by atoms with E-state index in [1.165, 1.54) is 0 Å². The molecule has 1 atom stereocenters. The van der Waals surface area contributed by atoms with Gasteiger partial charge in [-0.25, -0.2) is 4.68 Å². The second-order valence-electron chi connectivity index (χ2n) is 7.52. The van der Waals surface area contributed by atoms with Crippen molar-refractivity contribution in [3.05, 3.63) is 90.3 Å². The van der Waals surface area contributed by atoms with E-state index in [2.05, 4.69) is 11.2 Å². The summed E-state index contributed by atoms with van der Waals surface area (Å²) in [6.07, 6.45) is 3.78. The largest absolute Gasteiger partial charge is 0.497 e. The summed E-state index contributed by atoms with van der Waals surface area (Å²) in [4.78, 5) is 14.8. The molecule has 152 valence electrons. The molecule has 5 heteroatoms. The van der Waals surface area contributed by atoms with Gasteiger partial charge < -0.3 is 9.64 Å². The Morgan fingerprint density at radius 1 is 1.07 bits per heavy atom. The Kier molecular flexibility index (Phi) is 5.53. The van der Waals surface area contributed by atoms with Gasteiger partial charge in [0.15, 0.2) is 0 Å². The maximum absolute atomic E-state index is 13.0. The molecule has 0 saturated carbocycles. The standard InChI is InChI=1S/C25H25N3O2/c1-18(20-9-10-22-14-24(30-3)12-11-21(22)13-20)25(29)27(2)16-19-15-26-28(17-19)23-7-5-4-6-8-23/h4-15,17-18H,16H2,1-3H3/t18-/m1/s1. The maximum Gasteiger partial charge on any atom is 0.229 e. The van der Waals surface area contributed by atoms with Crippen LogP contribution in [0.25, 0.3) is 16.5 Å². The molecule has 0 bridgehead atoms. The van der Waals surface area contributed by atoms with E-state index < -0.39 is 0 Å². The predicted octanol–water partition coefficient (Wildman–Crippen LogP) is 4.80. The summed E-state index contributed by atoms with van der Waals surface area (Å²) < 4.78 is 7.12. The number of nitrogens with zero attached hydrogens (tertiary/aromatic N) is 3. The molecule has 0 aliphatic rings. The Labute approximate surface area is 176 Å². The number of benzene rings is 3. The molecule has 0 radical (unpaired) electrons. The molecule has 1 amide bonds. The highest BCUT2D eigenvalue weighted by Gasteiger charge is 2.20. The number of hydrogen-bond donors (Lipinski definition) is 0. The van der Waals surface area contributed by atoms with E-state index >= 15 is 0 Å². The first kappa shape index (κ1) is 19.7. The number of carbonyl (C=O) groups is 1. The summed E-state index contributed by atoms with van der Waals surface area (Å²) in [5.74, 6) is 0.677. The Morgan fingerprint density at radius 3 is 2.57 bits per heavy atom. The molecule has 0 fully saturated rings. The van der Waals surface area contributed by atoms with Crippen LogP contribution < -0.4 is 4.74 Å². The molecule has 1 heterocycles. The van der Waals surface area contributed by atoms with Crippen LogP contribution in [0.4, 0.5) is 0 Å². The average molecular weight is 399 g/mol. The van der Waals surface area contributed by atoms with E-state index in [0.717, 1.165) is 33.3 Å². The molecule has 30 heavy (non-hydrogen) atoms. The van der Waals surface area contributed by atoms with Gasteiger partial charge in [-0.2, -0.15) is 5.10 Å². The highest BCUT2D eigenvalue weighted by molar-refractivity contribution is 5.88. The first-order valence-corrected chi connectivity index (χ1v) is 9.97. The number of rotatable bonds is 6. The lowest BCUT2D eigenvalue weighted by molar-refractivity contribution is -0.131. The minimum absolute atomic E-state index is 0.0790. The van der Waals surface area contributed by atoms with Crippen molar-refractivity contribution in [2.75, 3.05) is 14.2 Å². The van der Waals surface area contributed by atoms with Gasteiger partial charge in [0.05, 0.1) is 24.9 Å². The van der Waals surface area contributed by atoms with E-state index in [1.54, 1.807) is 12.0 Å². The third-order valence-corrected chi connectivity index (χ3v) is 5.39. The number of aromatic nitrogens is 2. The zero-order chi connectivity index (χ0) is 21.1. The molecule has 0 unspecified atom stereocenters. The number of para-hydroxylation sites is 1. The van der Waals surface area contributed by atoms with E-state index in [0.29, 0.717) is 6.54 Å². The fourth-order valence-corrected chi connectivity index (χ4v) is 3.63. The van der Waals surface area contributed by atoms with Crippen molar-refractivity contribution in [1.29, 1.82) is 0 Å². The van der Waals surface area contributed by atoms with Gasteiger partial charge in [0.2, 0.25) is 5.91 Å². The molecule has 1 aromatic heterocycles. The number of fused-ring (bicyclic) bond motifs is 1. The van der Waals surface area contributed by atoms with Gasteiger partial charge >= 0.3 is 0 Å². The minimum Gasteiger partial charge on any atom is -0.497 e. The number of methoxy groups -OCH3 is 1. The van der Waals surface area contributed by atoms with E-state index in [4.69, 9.17) is 4.74 Å². The van der Waals surface area contributed by atoms with Crippen molar-refractivity contribution in [2.45, 2.75) is 19.4 Å². The van der Waals surface area contributed by atoms with Crippen LogP contribution in [-0.4, -0.2) is 34.7 Å². The Hall–Kier alpha value is -3.60. The van der Waals surface area contributed by atoms with Crippen LogP contribution in [0.3, 0.4) is 0 Å². The molecule has 0 aliphatic carbocycles. The summed E-state index contributed by atoms with van der Waals surface area (Å²) in [5, 5.41) is 6.61. The smallest absolute Gasteiger partial charge is 0.229 e. The highest BCUT2D eigenvalue weighted by Crippen LogP contribution is 2.26. The Bertz CT molecular complexity index is 1170. The summed E-state index contributed by atoms with van der Waals surface area (Å²) in [6, 6.07) is 22.1. The fraction of sp³-hybridized carbons (Fsp3) is 0.200. The lowest BCUT2D eigenvalue weighted by atomic mass is 9.96. The Morgan fingerprint density at radius 2 is 1.80 bits per heavy atom. The fourth-order valence-electron chi connectivity index (χ4n) is 3.63. The van der Waals surface area contributed by atoms with E-state index in [-0.39, 0.29) is 11.8 Å². The summed E-state index contributed by atoms with van der Waals surface area (Å²) in [7, 11) is 3.50. The molecule has 0 aliphatic heterocycles. The molecule has 0 N–H and O–H groups in total. The van der Waals surface area contributed by atoms with E-state index in [1.807, 2.05) is 91.7 Å². The Balaban J connectivity index is 1.47. The van der Waals surface area contributed by atoms with Crippen LogP contribution in [0, 0.1) is 0 Å². The van der Waals surface area contributed by atoms with Crippen LogP contribution >= 0.6 is 0 Å². The van der Waals surface area contributed by atoms with Gasteiger partial charge in [-0.1, -0.05) is 42.5 Å². The summed E-state index contributed by atoms with van der Waals surface area (Å²) in [5.41, 5.74) is 3.00. The van der Waals surface area contributed by atoms with Gasteiger partial charge in [0.25, 0.3) is 0 Å². The summed E-state index contributed by atoms with van der Waals surface area (Å²) in [6.45, 7) is 2.47. The van der Waals surface area contributed by atoms with Crippen molar-refractivity contribution >= 4 is 16.7 Å². The minimum atomic E-state index is -0.231. The first-order valence-electron chi connectivity index (χ1n) is 9.97. The van der Waals surface area contributed by atoms with Gasteiger partial charge in [0, 0.05) is 25.4 Å². The third kappa shape index (κ3) is 4.06. The maximum atomic E-state index is 13.0. The van der Waals surface area contributed by atoms with Crippen LogP contribution in [0.1, 0.15) is 24.0 Å². The van der Waals surface area contributed by atoms with Gasteiger partial charge in [-0.3, -0.25) is 4.79 Å². The van der Waals surface area contributed by atoms with Crippen LogP contribution in [0.15, 0.2) is 79.1 Å². The molecule has 3 aromatic carbocycles. The predicted molar refractivity (Wildman–Crippen MR) is 119 cm³/mol. The zero-order valence-corrected chi connectivity index (χ0v) is 17.4. The van der Waals surface area contributed by atoms with Crippen LogP contribution in [0.5, 0.6) is 5.75 Å². The lowest BCUT2D eigenvalue weighted by Gasteiger charge is -2.21. The SMILES string of the molecule is COc1ccc2cc([C@@H](C)C(=O)N(C)Cc3cnn(-c4ccccc4)c3)ccc2c1. The number of hydrogen-bond acceptors (Lipinski definition) is 3. The second-order valence-corrected chi connectivity index (χ2v) is 7.52. The molecule has 4 aromatic rings. The molecular weight excluding hydrogens is 374 g/mol. The van der Waals surface area contributed by atoms with Crippen molar-refractivity contribution in [3.8, 4) is 11.4 Å². The number of ether oxygens (including phenoxy) is 1. The number of carbonyl (C=O) groups excluding carboxylic acids is 1. The van der Waals surface area contributed by atoms with Crippen molar-refractivity contribution in [2.24, 2.45) is 0 Å². The third-order valence-electron chi connectivity index (χ3n) is 5.39.